The maximum absolute atomic E-state index is 12.7. The minimum absolute atomic E-state index is 0.169. The van der Waals surface area contributed by atoms with Crippen molar-refractivity contribution >= 4 is 5.91 Å². The number of aromatic nitrogens is 4. The average Bonchev–Trinajstić information content (AvgIpc) is 3.38. The van der Waals surface area contributed by atoms with E-state index in [1.807, 2.05) is 23.5 Å². The minimum atomic E-state index is -0.169. The number of hydrogen-bond acceptors (Lipinski definition) is 5. The van der Waals surface area contributed by atoms with Gasteiger partial charge < -0.3 is 14.6 Å². The van der Waals surface area contributed by atoms with Gasteiger partial charge in [-0.25, -0.2) is 4.98 Å². The summed E-state index contributed by atoms with van der Waals surface area (Å²) in [7, 11) is 0. The van der Waals surface area contributed by atoms with Crippen molar-refractivity contribution in [2.75, 3.05) is 32.8 Å². The lowest BCUT2D eigenvalue weighted by Crippen LogP contribution is -2.57. The van der Waals surface area contributed by atoms with Gasteiger partial charge in [0, 0.05) is 51.2 Å². The zero-order valence-electron chi connectivity index (χ0n) is 15.7. The topological polar surface area (TPSA) is 90.1 Å². The molecule has 8 nitrogen and oxygen atoms in total. The number of likely N-dealkylation sites (tertiary alicyclic amines) is 1. The smallest absolute Gasteiger partial charge is 0.222 e. The number of carbonyl (C=O) groups is 1. The largest absolute Gasteiger partial charge is 0.371 e. The van der Waals surface area contributed by atoms with E-state index in [1.54, 1.807) is 6.20 Å². The Bertz CT molecular complexity index is 707. The molecule has 2 N–H and O–H groups in total. The molecular formula is C19H28N6O2. The number of imidazole rings is 1. The van der Waals surface area contributed by atoms with Crippen LogP contribution in [0.25, 0.3) is 0 Å². The number of H-pyrrole nitrogens is 2. The van der Waals surface area contributed by atoms with Gasteiger partial charge in [0.1, 0.15) is 5.82 Å². The zero-order valence-corrected chi connectivity index (χ0v) is 15.7. The van der Waals surface area contributed by atoms with E-state index in [-0.39, 0.29) is 11.5 Å². The Balaban J connectivity index is 1.24. The molecular weight excluding hydrogens is 344 g/mol. The van der Waals surface area contributed by atoms with Gasteiger partial charge in [0.2, 0.25) is 5.91 Å². The number of ether oxygens (including phenoxy) is 1. The molecule has 0 radical (unpaired) electrons. The summed E-state index contributed by atoms with van der Waals surface area (Å²) in [6.45, 7) is 4.88. The zero-order chi connectivity index (χ0) is 18.5. The Morgan fingerprint density at radius 3 is 2.93 bits per heavy atom. The summed E-state index contributed by atoms with van der Waals surface area (Å²) in [5.41, 5.74) is 0.989. The summed E-state index contributed by atoms with van der Waals surface area (Å²) in [5, 5.41) is 6.76. The molecule has 0 saturated carbocycles. The summed E-state index contributed by atoms with van der Waals surface area (Å²) in [4.78, 5) is 24.5. The molecule has 2 fully saturated rings. The minimum Gasteiger partial charge on any atom is -0.371 e. The third-order valence-electron chi connectivity index (χ3n) is 5.71. The third kappa shape index (κ3) is 4.56. The average molecular weight is 372 g/mol. The van der Waals surface area contributed by atoms with E-state index >= 15 is 0 Å². The number of morpholine rings is 1. The van der Waals surface area contributed by atoms with Crippen LogP contribution in [-0.2, 0) is 22.5 Å². The fourth-order valence-corrected chi connectivity index (χ4v) is 4.09. The Morgan fingerprint density at radius 1 is 1.30 bits per heavy atom. The number of hydrogen-bond donors (Lipinski definition) is 2. The van der Waals surface area contributed by atoms with Gasteiger partial charge in [-0.05, 0) is 31.2 Å². The molecule has 2 aromatic rings. The second-order valence-corrected chi connectivity index (χ2v) is 7.62. The molecule has 2 aliphatic heterocycles. The number of aromatic amines is 2. The first-order valence-electron chi connectivity index (χ1n) is 9.82. The monoisotopic (exact) mass is 372 g/mol. The highest BCUT2D eigenvalue weighted by Gasteiger charge is 2.40. The molecule has 8 heteroatoms. The van der Waals surface area contributed by atoms with Crippen molar-refractivity contribution in [3.63, 3.8) is 0 Å². The fourth-order valence-electron chi connectivity index (χ4n) is 4.09. The Labute approximate surface area is 159 Å². The normalized spacial score (nSPS) is 20.2. The van der Waals surface area contributed by atoms with Crippen LogP contribution in [-0.4, -0.2) is 74.3 Å². The van der Waals surface area contributed by atoms with E-state index in [0.717, 1.165) is 63.3 Å². The van der Waals surface area contributed by atoms with Gasteiger partial charge >= 0.3 is 0 Å². The summed E-state index contributed by atoms with van der Waals surface area (Å²) in [6.07, 6.45) is 11.6. The summed E-state index contributed by atoms with van der Waals surface area (Å²) in [6, 6.07) is 0. The van der Waals surface area contributed by atoms with E-state index in [9.17, 15) is 4.79 Å². The van der Waals surface area contributed by atoms with Crippen molar-refractivity contribution in [1.82, 2.24) is 30.0 Å². The number of rotatable bonds is 6. The number of carbonyl (C=O) groups excluding carboxylic acids is 1. The van der Waals surface area contributed by atoms with Crippen molar-refractivity contribution in [3.8, 4) is 0 Å². The van der Waals surface area contributed by atoms with Crippen LogP contribution in [0.1, 0.15) is 37.1 Å². The van der Waals surface area contributed by atoms with Crippen molar-refractivity contribution in [2.24, 2.45) is 0 Å². The lowest BCUT2D eigenvalue weighted by atomic mass is 9.89. The van der Waals surface area contributed by atoms with Crippen LogP contribution in [0, 0.1) is 0 Å². The van der Waals surface area contributed by atoms with Crippen molar-refractivity contribution in [1.29, 1.82) is 0 Å². The first kappa shape index (κ1) is 18.2. The fraction of sp³-hybridized carbons (Fsp3) is 0.632. The molecule has 2 aliphatic rings. The molecule has 4 rings (SSSR count). The standard InChI is InChI=1S/C19H28N6O2/c26-18(3-1-2-16-12-22-23-13-16)25-10-11-27-19(15-25)4-8-24(9-5-19)14-17-20-6-7-21-17/h6-7,12-13H,1-5,8-11,14-15H2,(H,20,21)(H,22,23). The van der Waals surface area contributed by atoms with Crippen LogP contribution >= 0.6 is 0 Å². The molecule has 0 aliphatic carbocycles. The Hall–Kier alpha value is -2.19. The van der Waals surface area contributed by atoms with Gasteiger partial charge in [-0.2, -0.15) is 5.10 Å². The Morgan fingerprint density at radius 2 is 2.19 bits per heavy atom. The predicted octanol–water partition coefficient (Wildman–Crippen LogP) is 1.35. The number of nitrogens with one attached hydrogen (secondary N) is 2. The van der Waals surface area contributed by atoms with Gasteiger partial charge in [0.25, 0.3) is 0 Å². The van der Waals surface area contributed by atoms with Crippen molar-refractivity contribution in [2.45, 2.75) is 44.2 Å². The van der Waals surface area contributed by atoms with Crippen molar-refractivity contribution in [3.05, 3.63) is 36.2 Å². The van der Waals surface area contributed by atoms with Gasteiger partial charge in [0.05, 0.1) is 24.9 Å². The van der Waals surface area contributed by atoms with Crippen LogP contribution in [0.2, 0.25) is 0 Å². The lowest BCUT2D eigenvalue weighted by Gasteiger charge is -2.47. The van der Waals surface area contributed by atoms with E-state index < -0.39 is 0 Å². The number of aryl methyl sites for hydroxylation is 1. The van der Waals surface area contributed by atoms with Crippen LogP contribution in [0.5, 0.6) is 0 Å². The van der Waals surface area contributed by atoms with Gasteiger partial charge in [0.15, 0.2) is 0 Å². The maximum Gasteiger partial charge on any atom is 0.222 e. The summed E-state index contributed by atoms with van der Waals surface area (Å²) in [5.74, 6) is 1.25. The Kier molecular flexibility index (Phi) is 5.54. The third-order valence-corrected chi connectivity index (χ3v) is 5.71. The second kappa shape index (κ2) is 8.22. The van der Waals surface area contributed by atoms with Gasteiger partial charge in [-0.3, -0.25) is 14.8 Å². The van der Waals surface area contributed by atoms with E-state index in [4.69, 9.17) is 4.74 Å². The predicted molar refractivity (Wildman–Crippen MR) is 99.9 cm³/mol. The molecule has 1 spiro atoms. The van der Waals surface area contributed by atoms with E-state index in [1.165, 1.54) is 0 Å². The summed E-state index contributed by atoms with van der Waals surface area (Å²) < 4.78 is 6.18. The highest BCUT2D eigenvalue weighted by atomic mass is 16.5. The molecule has 0 bridgehead atoms. The molecule has 0 aromatic carbocycles. The highest BCUT2D eigenvalue weighted by Crippen LogP contribution is 2.31. The van der Waals surface area contributed by atoms with Gasteiger partial charge in [-0.1, -0.05) is 0 Å². The molecule has 2 saturated heterocycles. The van der Waals surface area contributed by atoms with Crippen LogP contribution < -0.4 is 0 Å². The molecule has 146 valence electrons. The lowest BCUT2D eigenvalue weighted by molar-refractivity contribution is -0.159. The molecule has 1 amide bonds. The number of amides is 1. The molecule has 0 unspecified atom stereocenters. The van der Waals surface area contributed by atoms with E-state index in [2.05, 4.69) is 25.1 Å². The van der Waals surface area contributed by atoms with Crippen LogP contribution in [0.15, 0.2) is 24.8 Å². The molecule has 4 heterocycles. The van der Waals surface area contributed by atoms with E-state index in [0.29, 0.717) is 19.6 Å². The van der Waals surface area contributed by atoms with Crippen LogP contribution in [0.4, 0.5) is 0 Å². The quantitative estimate of drug-likeness (QED) is 0.799. The number of nitrogens with zero attached hydrogens (tertiary/aromatic N) is 4. The molecule has 0 atom stereocenters. The SMILES string of the molecule is O=C(CCCc1cn[nH]c1)N1CCOC2(CCN(Cc3ncc[nH]3)CC2)C1. The molecule has 2 aromatic heterocycles. The first-order chi connectivity index (χ1) is 13.2. The second-order valence-electron chi connectivity index (χ2n) is 7.62. The summed E-state index contributed by atoms with van der Waals surface area (Å²) >= 11 is 0. The first-order valence-corrected chi connectivity index (χ1v) is 9.82. The molecule has 27 heavy (non-hydrogen) atoms. The maximum atomic E-state index is 12.7. The van der Waals surface area contributed by atoms with Crippen molar-refractivity contribution < 1.29 is 9.53 Å². The van der Waals surface area contributed by atoms with Crippen LogP contribution in [0.3, 0.4) is 0 Å². The van der Waals surface area contributed by atoms with Gasteiger partial charge in [-0.15, -0.1) is 0 Å². The highest BCUT2D eigenvalue weighted by molar-refractivity contribution is 5.76. The number of piperidine rings is 1.